The lowest BCUT2D eigenvalue weighted by molar-refractivity contribution is 0.101. The van der Waals surface area contributed by atoms with Gasteiger partial charge in [0, 0.05) is 20.1 Å². The Morgan fingerprint density at radius 1 is 1.37 bits per heavy atom. The highest BCUT2D eigenvalue weighted by Gasteiger charge is 2.17. The number of carbonyl (C=O) groups is 1. The summed E-state index contributed by atoms with van der Waals surface area (Å²) in [5.74, 6) is -0.654. The second-order valence-corrected chi connectivity index (χ2v) is 5.16. The minimum Gasteiger partial charge on any atom is -0.373 e. The Bertz CT molecular complexity index is 455. The van der Waals surface area contributed by atoms with Gasteiger partial charge in [-0.25, -0.2) is 4.39 Å². The SMILES string of the molecule is CC(=O)c1c(F)cccc1N(C)CCN1CCCC1. The highest BCUT2D eigenvalue weighted by molar-refractivity contribution is 6.00. The van der Waals surface area contributed by atoms with Crippen molar-refractivity contribution in [3.8, 4) is 0 Å². The van der Waals surface area contributed by atoms with Crippen LogP contribution in [0.4, 0.5) is 10.1 Å². The molecule has 3 nitrogen and oxygen atoms in total. The van der Waals surface area contributed by atoms with Gasteiger partial charge in [-0.1, -0.05) is 6.07 Å². The van der Waals surface area contributed by atoms with E-state index in [2.05, 4.69) is 4.90 Å². The van der Waals surface area contributed by atoms with E-state index in [0.717, 1.165) is 26.2 Å². The summed E-state index contributed by atoms with van der Waals surface area (Å²) in [6, 6.07) is 4.81. The van der Waals surface area contributed by atoms with Crippen molar-refractivity contribution in [1.82, 2.24) is 4.90 Å². The van der Waals surface area contributed by atoms with Crippen LogP contribution in [0.3, 0.4) is 0 Å². The second-order valence-electron chi connectivity index (χ2n) is 5.16. The zero-order valence-electron chi connectivity index (χ0n) is 11.7. The molecular weight excluding hydrogens is 243 g/mol. The van der Waals surface area contributed by atoms with E-state index >= 15 is 0 Å². The summed E-state index contributed by atoms with van der Waals surface area (Å²) in [5.41, 5.74) is 0.887. The van der Waals surface area contributed by atoms with Gasteiger partial charge in [-0.2, -0.15) is 0 Å². The van der Waals surface area contributed by atoms with Gasteiger partial charge in [-0.3, -0.25) is 4.79 Å². The summed E-state index contributed by atoms with van der Waals surface area (Å²) in [6.07, 6.45) is 2.53. The topological polar surface area (TPSA) is 23.6 Å². The fourth-order valence-corrected chi connectivity index (χ4v) is 2.60. The minimum atomic E-state index is -0.432. The van der Waals surface area contributed by atoms with Crippen LogP contribution >= 0.6 is 0 Å². The van der Waals surface area contributed by atoms with Crippen molar-refractivity contribution in [2.24, 2.45) is 0 Å². The molecule has 1 heterocycles. The Morgan fingerprint density at radius 3 is 2.68 bits per heavy atom. The van der Waals surface area contributed by atoms with Crippen molar-refractivity contribution >= 4 is 11.5 Å². The first-order chi connectivity index (χ1) is 9.09. The quantitative estimate of drug-likeness (QED) is 0.764. The molecule has 1 saturated heterocycles. The fraction of sp³-hybridized carbons (Fsp3) is 0.533. The molecule has 0 radical (unpaired) electrons. The number of likely N-dealkylation sites (tertiary alicyclic amines) is 1. The zero-order valence-corrected chi connectivity index (χ0v) is 11.7. The molecule has 104 valence electrons. The van der Waals surface area contributed by atoms with Crippen molar-refractivity contribution in [3.63, 3.8) is 0 Å². The molecule has 0 atom stereocenters. The van der Waals surface area contributed by atoms with Gasteiger partial charge in [-0.15, -0.1) is 0 Å². The molecule has 0 N–H and O–H groups in total. The number of hydrogen-bond donors (Lipinski definition) is 0. The predicted octanol–water partition coefficient (Wildman–Crippen LogP) is 2.56. The fourth-order valence-electron chi connectivity index (χ4n) is 2.60. The summed E-state index contributed by atoms with van der Waals surface area (Å²) < 4.78 is 13.7. The number of hydrogen-bond acceptors (Lipinski definition) is 3. The van der Waals surface area contributed by atoms with E-state index in [1.165, 1.54) is 25.8 Å². The van der Waals surface area contributed by atoms with Gasteiger partial charge in [-0.05, 0) is 45.0 Å². The number of rotatable bonds is 5. The van der Waals surface area contributed by atoms with Crippen LogP contribution in [0.5, 0.6) is 0 Å². The maximum atomic E-state index is 13.7. The molecule has 0 aliphatic carbocycles. The Kier molecular flexibility index (Phi) is 4.53. The van der Waals surface area contributed by atoms with Crippen LogP contribution in [-0.4, -0.2) is 43.9 Å². The molecule has 1 fully saturated rings. The van der Waals surface area contributed by atoms with E-state index < -0.39 is 5.82 Å². The third-order valence-electron chi connectivity index (χ3n) is 3.71. The third kappa shape index (κ3) is 3.32. The Balaban J connectivity index is 2.07. The normalized spacial score (nSPS) is 15.7. The summed E-state index contributed by atoms with van der Waals surface area (Å²) in [5, 5.41) is 0. The molecule has 1 aromatic carbocycles. The minimum absolute atomic E-state index is 0.200. The van der Waals surface area contributed by atoms with Crippen molar-refractivity contribution in [3.05, 3.63) is 29.6 Å². The molecule has 0 amide bonds. The number of nitrogens with zero attached hydrogens (tertiary/aromatic N) is 2. The molecular formula is C15H21FN2O. The van der Waals surface area contributed by atoms with Crippen LogP contribution in [-0.2, 0) is 0 Å². The first kappa shape index (κ1) is 14.0. The van der Waals surface area contributed by atoms with Gasteiger partial charge < -0.3 is 9.80 Å². The molecule has 2 rings (SSSR count). The average molecular weight is 264 g/mol. The standard InChI is InChI=1S/C15H21FN2O/c1-12(19)15-13(16)6-5-7-14(15)17(2)10-11-18-8-3-4-9-18/h5-7H,3-4,8-11H2,1-2H3. The molecule has 1 aliphatic rings. The Labute approximate surface area is 114 Å². The van der Waals surface area contributed by atoms with Crippen LogP contribution in [0.2, 0.25) is 0 Å². The average Bonchev–Trinajstić information content (AvgIpc) is 2.88. The largest absolute Gasteiger partial charge is 0.373 e. The van der Waals surface area contributed by atoms with E-state index in [-0.39, 0.29) is 11.3 Å². The van der Waals surface area contributed by atoms with E-state index in [0.29, 0.717) is 5.69 Å². The van der Waals surface area contributed by atoms with Crippen LogP contribution in [0.1, 0.15) is 30.1 Å². The summed E-state index contributed by atoms with van der Waals surface area (Å²) >= 11 is 0. The van der Waals surface area contributed by atoms with Gasteiger partial charge >= 0.3 is 0 Å². The van der Waals surface area contributed by atoms with E-state index in [4.69, 9.17) is 0 Å². The lowest BCUT2D eigenvalue weighted by atomic mass is 10.1. The number of carbonyl (C=O) groups excluding carboxylic acids is 1. The lowest BCUT2D eigenvalue weighted by Crippen LogP contribution is -2.32. The third-order valence-corrected chi connectivity index (χ3v) is 3.71. The number of Topliss-reactive ketones (excluding diaryl/α,β-unsaturated/α-hetero) is 1. The molecule has 19 heavy (non-hydrogen) atoms. The first-order valence-corrected chi connectivity index (χ1v) is 6.82. The van der Waals surface area contributed by atoms with Gasteiger partial charge in [0.25, 0.3) is 0 Å². The zero-order chi connectivity index (χ0) is 13.8. The second kappa shape index (κ2) is 6.15. The molecule has 0 aromatic heterocycles. The van der Waals surface area contributed by atoms with Crippen LogP contribution in [0.15, 0.2) is 18.2 Å². The monoisotopic (exact) mass is 264 g/mol. The van der Waals surface area contributed by atoms with E-state index in [1.54, 1.807) is 6.07 Å². The molecule has 1 aliphatic heterocycles. The van der Waals surface area contributed by atoms with Crippen LogP contribution < -0.4 is 4.90 Å². The smallest absolute Gasteiger partial charge is 0.164 e. The summed E-state index contributed by atoms with van der Waals surface area (Å²) in [4.78, 5) is 16.0. The molecule has 1 aromatic rings. The van der Waals surface area contributed by atoms with E-state index in [9.17, 15) is 9.18 Å². The van der Waals surface area contributed by atoms with Gasteiger partial charge in [0.15, 0.2) is 5.78 Å². The van der Waals surface area contributed by atoms with Crippen molar-refractivity contribution in [1.29, 1.82) is 0 Å². The first-order valence-electron chi connectivity index (χ1n) is 6.82. The number of ketones is 1. The molecule has 0 unspecified atom stereocenters. The molecule has 0 bridgehead atoms. The number of halogens is 1. The van der Waals surface area contributed by atoms with Crippen LogP contribution in [0, 0.1) is 5.82 Å². The Hall–Kier alpha value is -1.42. The van der Waals surface area contributed by atoms with Gasteiger partial charge in [0.2, 0.25) is 0 Å². The Morgan fingerprint density at radius 2 is 2.05 bits per heavy atom. The van der Waals surface area contributed by atoms with Crippen molar-refractivity contribution in [2.45, 2.75) is 19.8 Å². The van der Waals surface area contributed by atoms with Crippen molar-refractivity contribution in [2.75, 3.05) is 38.1 Å². The molecule has 0 saturated carbocycles. The maximum Gasteiger partial charge on any atom is 0.164 e. The molecule has 0 spiro atoms. The maximum absolute atomic E-state index is 13.7. The molecule has 4 heteroatoms. The van der Waals surface area contributed by atoms with Gasteiger partial charge in [0.1, 0.15) is 5.82 Å². The highest BCUT2D eigenvalue weighted by Crippen LogP contribution is 2.23. The lowest BCUT2D eigenvalue weighted by Gasteiger charge is -2.24. The number of benzene rings is 1. The van der Waals surface area contributed by atoms with Gasteiger partial charge in [0.05, 0.1) is 11.3 Å². The van der Waals surface area contributed by atoms with Crippen molar-refractivity contribution < 1.29 is 9.18 Å². The van der Waals surface area contributed by atoms with E-state index in [1.807, 2.05) is 18.0 Å². The highest BCUT2D eigenvalue weighted by atomic mass is 19.1. The number of likely N-dealkylation sites (N-methyl/N-ethyl adjacent to an activating group) is 1. The van der Waals surface area contributed by atoms with Crippen LogP contribution in [0.25, 0.3) is 0 Å². The summed E-state index contributed by atoms with van der Waals surface area (Å²) in [6.45, 7) is 5.48. The number of anilines is 1. The predicted molar refractivity (Wildman–Crippen MR) is 75.3 cm³/mol. The summed E-state index contributed by atoms with van der Waals surface area (Å²) in [7, 11) is 1.91.